The number of rotatable bonds is 7. The second-order valence-corrected chi connectivity index (χ2v) is 9.61. The molecular formula is C21H19NO6S2. The summed E-state index contributed by atoms with van der Waals surface area (Å²) in [6.45, 7) is 0.0448. The third-order valence-electron chi connectivity index (χ3n) is 4.71. The average molecular weight is 446 g/mol. The lowest BCUT2D eigenvalue weighted by atomic mass is 10.2. The molecule has 7 nitrogen and oxygen atoms in total. The van der Waals surface area contributed by atoms with E-state index < -0.39 is 15.1 Å². The lowest BCUT2D eigenvalue weighted by molar-refractivity contribution is 0.0953. The number of hydrogen-bond donors (Lipinski definition) is 1. The SMILES string of the molecule is COc1ccc(S(=O)(=O)C(CNC(=O)c2ccc3c(c2)OCO3)c2cccs2)cc1. The zero-order chi connectivity index (χ0) is 21.1. The van der Waals surface area contributed by atoms with Crippen LogP contribution in [0.4, 0.5) is 0 Å². The molecule has 1 aliphatic rings. The van der Waals surface area contributed by atoms with E-state index in [-0.39, 0.29) is 24.1 Å². The Kier molecular flexibility index (Phi) is 5.65. The Labute approximate surface area is 178 Å². The Morgan fingerprint density at radius 2 is 1.90 bits per heavy atom. The van der Waals surface area contributed by atoms with Crippen molar-refractivity contribution in [2.45, 2.75) is 10.1 Å². The minimum atomic E-state index is -3.74. The number of fused-ring (bicyclic) bond motifs is 1. The molecule has 30 heavy (non-hydrogen) atoms. The summed E-state index contributed by atoms with van der Waals surface area (Å²) in [5.74, 6) is 1.24. The molecule has 0 bridgehead atoms. The van der Waals surface area contributed by atoms with Crippen LogP contribution < -0.4 is 19.5 Å². The van der Waals surface area contributed by atoms with Crippen molar-refractivity contribution in [1.82, 2.24) is 5.32 Å². The van der Waals surface area contributed by atoms with Gasteiger partial charge in [-0.25, -0.2) is 8.42 Å². The first-order valence-electron chi connectivity index (χ1n) is 9.08. The van der Waals surface area contributed by atoms with Gasteiger partial charge in [-0.05, 0) is 53.9 Å². The Morgan fingerprint density at radius 3 is 2.60 bits per heavy atom. The minimum Gasteiger partial charge on any atom is -0.497 e. The van der Waals surface area contributed by atoms with Crippen molar-refractivity contribution in [2.24, 2.45) is 0 Å². The molecule has 0 saturated carbocycles. The molecule has 1 aliphatic heterocycles. The fourth-order valence-electron chi connectivity index (χ4n) is 3.09. The van der Waals surface area contributed by atoms with Gasteiger partial charge >= 0.3 is 0 Å². The van der Waals surface area contributed by atoms with E-state index in [0.717, 1.165) is 0 Å². The van der Waals surface area contributed by atoms with Gasteiger partial charge in [-0.3, -0.25) is 4.79 Å². The van der Waals surface area contributed by atoms with Gasteiger partial charge in [-0.1, -0.05) is 6.07 Å². The van der Waals surface area contributed by atoms with E-state index in [1.54, 1.807) is 42.5 Å². The Morgan fingerprint density at radius 1 is 1.13 bits per heavy atom. The first-order valence-corrected chi connectivity index (χ1v) is 11.5. The smallest absolute Gasteiger partial charge is 0.251 e. The van der Waals surface area contributed by atoms with Crippen molar-refractivity contribution >= 4 is 27.1 Å². The third-order valence-corrected chi connectivity index (χ3v) is 7.94. The summed E-state index contributed by atoms with van der Waals surface area (Å²) < 4.78 is 42.3. The van der Waals surface area contributed by atoms with Crippen LogP contribution in [0.5, 0.6) is 17.2 Å². The molecule has 1 amide bonds. The first kappa shape index (κ1) is 20.2. The Hall–Kier alpha value is -3.04. The van der Waals surface area contributed by atoms with Crippen LogP contribution in [0.15, 0.2) is 64.9 Å². The highest BCUT2D eigenvalue weighted by molar-refractivity contribution is 7.91. The van der Waals surface area contributed by atoms with Gasteiger partial charge in [0.1, 0.15) is 11.0 Å². The molecule has 1 unspecified atom stereocenters. The Bertz CT molecular complexity index is 1140. The van der Waals surface area contributed by atoms with Gasteiger partial charge in [0.25, 0.3) is 5.91 Å². The number of benzene rings is 2. The van der Waals surface area contributed by atoms with Gasteiger partial charge in [-0.15, -0.1) is 11.3 Å². The van der Waals surface area contributed by atoms with E-state index in [0.29, 0.717) is 27.7 Å². The molecule has 0 aliphatic carbocycles. The van der Waals surface area contributed by atoms with Crippen LogP contribution in [0.3, 0.4) is 0 Å². The standard InChI is InChI=1S/C21H19NO6S2/c1-26-15-5-7-16(8-6-15)30(24,25)20(19-3-2-10-29-19)12-22-21(23)14-4-9-17-18(11-14)28-13-27-17/h2-11,20H,12-13H2,1H3,(H,22,23). The minimum absolute atomic E-state index is 0.0673. The molecule has 9 heteroatoms. The number of carbonyl (C=O) groups is 1. The predicted molar refractivity (Wildman–Crippen MR) is 112 cm³/mol. The molecule has 3 aromatic rings. The first-order chi connectivity index (χ1) is 14.5. The van der Waals surface area contributed by atoms with E-state index in [1.165, 1.54) is 30.6 Å². The second kappa shape index (κ2) is 8.37. The van der Waals surface area contributed by atoms with Gasteiger partial charge in [0.2, 0.25) is 6.79 Å². The quantitative estimate of drug-likeness (QED) is 0.599. The second-order valence-electron chi connectivity index (χ2n) is 6.50. The molecule has 2 heterocycles. The molecule has 0 spiro atoms. The maximum absolute atomic E-state index is 13.3. The van der Waals surface area contributed by atoms with Crippen molar-refractivity contribution < 1.29 is 27.4 Å². The summed E-state index contributed by atoms with van der Waals surface area (Å²) in [5.41, 5.74) is 0.367. The van der Waals surface area contributed by atoms with Crippen LogP contribution in [0.1, 0.15) is 20.5 Å². The lowest BCUT2D eigenvalue weighted by Crippen LogP contribution is -2.31. The van der Waals surface area contributed by atoms with Gasteiger partial charge in [0.15, 0.2) is 21.3 Å². The molecule has 1 atom stereocenters. The number of hydrogen-bond acceptors (Lipinski definition) is 7. The van der Waals surface area contributed by atoms with Crippen LogP contribution in [-0.2, 0) is 9.84 Å². The number of sulfone groups is 1. The Balaban J connectivity index is 1.56. The molecule has 1 aromatic heterocycles. The van der Waals surface area contributed by atoms with Crippen LogP contribution >= 0.6 is 11.3 Å². The molecule has 0 saturated heterocycles. The largest absolute Gasteiger partial charge is 0.497 e. The maximum atomic E-state index is 13.3. The van der Waals surface area contributed by atoms with E-state index in [4.69, 9.17) is 14.2 Å². The number of nitrogens with one attached hydrogen (secondary N) is 1. The fraction of sp³-hybridized carbons (Fsp3) is 0.190. The molecular weight excluding hydrogens is 426 g/mol. The lowest BCUT2D eigenvalue weighted by Gasteiger charge is -2.18. The van der Waals surface area contributed by atoms with Gasteiger partial charge in [0, 0.05) is 17.0 Å². The predicted octanol–water partition coefficient (Wildman–Crippen LogP) is 3.43. The number of amides is 1. The van der Waals surface area contributed by atoms with E-state index in [9.17, 15) is 13.2 Å². The zero-order valence-corrected chi connectivity index (χ0v) is 17.7. The highest BCUT2D eigenvalue weighted by atomic mass is 32.2. The molecule has 4 rings (SSSR count). The summed E-state index contributed by atoms with van der Waals surface area (Å²) in [6.07, 6.45) is 0. The maximum Gasteiger partial charge on any atom is 0.251 e. The third kappa shape index (κ3) is 3.99. The summed E-state index contributed by atoms with van der Waals surface area (Å²) in [6, 6.07) is 14.6. The number of carbonyl (C=O) groups excluding carboxylic acids is 1. The van der Waals surface area contributed by atoms with E-state index in [2.05, 4.69) is 5.32 Å². The van der Waals surface area contributed by atoms with Crippen LogP contribution in [-0.4, -0.2) is 34.8 Å². The molecule has 156 valence electrons. The summed E-state index contributed by atoms with van der Waals surface area (Å²) in [7, 11) is -2.22. The average Bonchev–Trinajstić information content (AvgIpc) is 3.45. The van der Waals surface area contributed by atoms with Crippen LogP contribution in [0, 0.1) is 0 Å². The highest BCUT2D eigenvalue weighted by Crippen LogP contribution is 2.34. The topological polar surface area (TPSA) is 90.9 Å². The number of ether oxygens (including phenoxy) is 3. The van der Waals surface area contributed by atoms with Crippen molar-refractivity contribution in [2.75, 3.05) is 20.4 Å². The van der Waals surface area contributed by atoms with Gasteiger partial charge < -0.3 is 19.5 Å². The summed E-state index contributed by atoms with van der Waals surface area (Å²) in [4.78, 5) is 13.5. The van der Waals surface area contributed by atoms with Crippen molar-refractivity contribution in [3.63, 3.8) is 0 Å². The van der Waals surface area contributed by atoms with Crippen LogP contribution in [0.2, 0.25) is 0 Å². The molecule has 1 N–H and O–H groups in total. The monoisotopic (exact) mass is 445 g/mol. The summed E-state index contributed by atoms with van der Waals surface area (Å²) in [5, 5.41) is 3.64. The zero-order valence-electron chi connectivity index (χ0n) is 16.0. The fourth-order valence-corrected chi connectivity index (χ4v) is 5.88. The van der Waals surface area contributed by atoms with Crippen molar-refractivity contribution in [3.8, 4) is 17.2 Å². The highest BCUT2D eigenvalue weighted by Gasteiger charge is 2.31. The number of methoxy groups -OCH3 is 1. The number of thiophene rings is 1. The molecule has 0 fully saturated rings. The summed E-state index contributed by atoms with van der Waals surface area (Å²) >= 11 is 1.33. The van der Waals surface area contributed by atoms with Gasteiger partial charge in [-0.2, -0.15) is 0 Å². The van der Waals surface area contributed by atoms with Crippen molar-refractivity contribution in [1.29, 1.82) is 0 Å². The van der Waals surface area contributed by atoms with Gasteiger partial charge in [0.05, 0.1) is 12.0 Å². The van der Waals surface area contributed by atoms with E-state index in [1.807, 2.05) is 5.38 Å². The molecule has 0 radical (unpaired) electrons. The van der Waals surface area contributed by atoms with Crippen LogP contribution in [0.25, 0.3) is 0 Å². The van der Waals surface area contributed by atoms with E-state index >= 15 is 0 Å². The van der Waals surface area contributed by atoms with Crippen molar-refractivity contribution in [3.05, 3.63) is 70.4 Å². The normalized spacial score (nSPS) is 13.6. The molecule has 2 aromatic carbocycles.